The van der Waals surface area contributed by atoms with Gasteiger partial charge >= 0.3 is 0 Å². The first kappa shape index (κ1) is 15.7. The number of nitrogens with zero attached hydrogens (tertiary/aromatic N) is 4. The smallest absolute Gasteiger partial charge is 0.231 e. The van der Waals surface area contributed by atoms with Crippen LogP contribution in [0.25, 0.3) is 22.8 Å². The predicted octanol–water partition coefficient (Wildman–Crippen LogP) is 4.20. The van der Waals surface area contributed by atoms with Gasteiger partial charge in [-0.2, -0.15) is 10.1 Å². The predicted molar refractivity (Wildman–Crippen MR) is 104 cm³/mol. The first-order chi connectivity index (χ1) is 13.7. The van der Waals surface area contributed by atoms with Gasteiger partial charge in [0.05, 0.1) is 0 Å². The summed E-state index contributed by atoms with van der Waals surface area (Å²) in [6.45, 7) is 1.89. The third-order valence-corrected chi connectivity index (χ3v) is 6.19. The van der Waals surface area contributed by atoms with Crippen molar-refractivity contribution in [3.8, 4) is 22.8 Å². The van der Waals surface area contributed by atoms with Crippen LogP contribution in [0.15, 0.2) is 53.1 Å². The van der Waals surface area contributed by atoms with E-state index in [1.165, 1.54) is 17.5 Å². The van der Waals surface area contributed by atoms with E-state index in [9.17, 15) is 0 Å². The Morgan fingerprint density at radius 2 is 1.89 bits per heavy atom. The molecule has 6 heteroatoms. The number of rotatable bonds is 3. The molecule has 0 aliphatic heterocycles. The number of hydrogen-bond donors (Lipinski definition) is 1. The Kier molecular flexibility index (Phi) is 3.15. The molecule has 2 aliphatic carbocycles. The molecule has 0 bridgehead atoms. The van der Waals surface area contributed by atoms with Crippen LogP contribution in [0.2, 0.25) is 0 Å². The first-order valence-electron chi connectivity index (χ1n) is 9.65. The molecular weight excluding hydrogens is 350 g/mol. The van der Waals surface area contributed by atoms with Gasteiger partial charge in [-0.15, -0.1) is 0 Å². The summed E-state index contributed by atoms with van der Waals surface area (Å²) in [5, 5.41) is 11.4. The lowest BCUT2D eigenvalue weighted by molar-refractivity contribution is 0.372. The monoisotopic (exact) mass is 369 g/mol. The maximum absolute atomic E-state index is 5.70. The van der Waals surface area contributed by atoms with Crippen LogP contribution in [0, 0.1) is 6.92 Å². The largest absolute Gasteiger partial charge is 0.339 e. The van der Waals surface area contributed by atoms with Crippen molar-refractivity contribution in [1.29, 1.82) is 0 Å². The average Bonchev–Trinajstić information content (AvgIpc) is 3.09. The summed E-state index contributed by atoms with van der Waals surface area (Å²) in [6, 6.07) is 16.7. The van der Waals surface area contributed by atoms with E-state index in [0.717, 1.165) is 35.7 Å². The molecule has 2 aromatic heterocycles. The van der Waals surface area contributed by atoms with Crippen molar-refractivity contribution < 1.29 is 4.52 Å². The number of hydrogen-bond acceptors (Lipinski definition) is 5. The van der Waals surface area contributed by atoms with Crippen LogP contribution < -0.4 is 0 Å². The van der Waals surface area contributed by atoms with Crippen molar-refractivity contribution in [3.63, 3.8) is 0 Å². The Labute approximate surface area is 162 Å². The maximum Gasteiger partial charge on any atom is 0.231 e. The van der Waals surface area contributed by atoms with E-state index in [1.807, 2.05) is 31.2 Å². The fraction of sp³-hybridized carbons (Fsp3) is 0.273. The lowest BCUT2D eigenvalue weighted by atomic mass is 9.95. The van der Waals surface area contributed by atoms with Gasteiger partial charge in [0.1, 0.15) is 5.82 Å². The third-order valence-electron chi connectivity index (χ3n) is 6.19. The average molecular weight is 369 g/mol. The van der Waals surface area contributed by atoms with Gasteiger partial charge in [0.2, 0.25) is 11.7 Å². The van der Waals surface area contributed by atoms with Crippen molar-refractivity contribution in [1.82, 2.24) is 25.3 Å². The minimum absolute atomic E-state index is 0.207. The zero-order chi connectivity index (χ0) is 18.7. The highest BCUT2D eigenvalue weighted by Gasteiger charge is 2.61. The van der Waals surface area contributed by atoms with Crippen LogP contribution in [0.3, 0.4) is 0 Å². The zero-order valence-corrected chi connectivity index (χ0v) is 15.5. The summed E-state index contributed by atoms with van der Waals surface area (Å²) in [6.07, 6.45) is 3.42. The quantitative estimate of drug-likeness (QED) is 0.585. The molecular formula is C22H19N5O. The summed E-state index contributed by atoms with van der Waals surface area (Å²) in [4.78, 5) is 9.15. The van der Waals surface area contributed by atoms with Crippen LogP contribution in [0.4, 0.5) is 0 Å². The fourth-order valence-corrected chi connectivity index (χ4v) is 4.68. The van der Waals surface area contributed by atoms with Crippen LogP contribution in [0.1, 0.15) is 41.6 Å². The molecule has 1 spiro atoms. The van der Waals surface area contributed by atoms with E-state index < -0.39 is 0 Å². The first-order valence-corrected chi connectivity index (χ1v) is 9.65. The minimum atomic E-state index is 0.207. The molecule has 1 fully saturated rings. The number of aryl methyl sites for hydroxylation is 2. The molecule has 138 valence electrons. The van der Waals surface area contributed by atoms with E-state index in [0.29, 0.717) is 17.6 Å². The van der Waals surface area contributed by atoms with Crippen molar-refractivity contribution in [2.24, 2.45) is 0 Å². The second kappa shape index (κ2) is 5.61. The number of benzene rings is 2. The standard InChI is InChI=1S/C22H19N5O/c1-13-23-19(26-25-13)15-6-4-7-16(11-15)20-24-21(28-27-20)18-12-22(18)10-9-14-5-2-3-8-17(14)22/h2-8,11,18H,9-10,12H2,1H3,(H,23,25,26). The van der Waals surface area contributed by atoms with Crippen molar-refractivity contribution in [3.05, 3.63) is 71.4 Å². The van der Waals surface area contributed by atoms with Gasteiger partial charge in [-0.25, -0.2) is 4.98 Å². The number of nitrogens with one attached hydrogen (secondary N) is 1. The Morgan fingerprint density at radius 3 is 2.75 bits per heavy atom. The Morgan fingerprint density at radius 1 is 1.04 bits per heavy atom. The lowest BCUT2D eigenvalue weighted by Gasteiger charge is -2.08. The van der Waals surface area contributed by atoms with Gasteiger partial charge in [0, 0.05) is 22.5 Å². The number of aromatic amines is 1. The second-order valence-corrected chi connectivity index (χ2v) is 7.85. The Balaban J connectivity index is 1.31. The van der Waals surface area contributed by atoms with Crippen LogP contribution in [0.5, 0.6) is 0 Å². The van der Waals surface area contributed by atoms with Crippen LogP contribution >= 0.6 is 0 Å². The van der Waals surface area contributed by atoms with Gasteiger partial charge in [0.15, 0.2) is 5.82 Å². The molecule has 1 saturated carbocycles. The van der Waals surface area contributed by atoms with E-state index >= 15 is 0 Å². The normalized spacial score (nSPS) is 22.5. The van der Waals surface area contributed by atoms with E-state index in [-0.39, 0.29) is 5.41 Å². The maximum atomic E-state index is 5.70. The minimum Gasteiger partial charge on any atom is -0.339 e. The van der Waals surface area contributed by atoms with Gasteiger partial charge in [-0.1, -0.05) is 47.6 Å². The fourth-order valence-electron chi connectivity index (χ4n) is 4.68. The molecule has 1 N–H and O–H groups in total. The molecule has 28 heavy (non-hydrogen) atoms. The Bertz CT molecular complexity index is 1190. The molecule has 0 saturated heterocycles. The highest BCUT2D eigenvalue weighted by molar-refractivity contribution is 5.65. The topological polar surface area (TPSA) is 80.5 Å². The molecule has 6 rings (SSSR count). The van der Waals surface area contributed by atoms with E-state index in [4.69, 9.17) is 9.51 Å². The van der Waals surface area contributed by atoms with Gasteiger partial charge in [-0.05, 0) is 43.4 Å². The number of H-pyrrole nitrogens is 1. The van der Waals surface area contributed by atoms with Gasteiger partial charge in [-0.3, -0.25) is 5.10 Å². The number of aromatic nitrogens is 5. The van der Waals surface area contributed by atoms with Crippen LogP contribution in [-0.2, 0) is 11.8 Å². The molecule has 2 unspecified atom stereocenters. The molecule has 0 amide bonds. The molecule has 2 aliphatic rings. The summed E-state index contributed by atoms with van der Waals surface area (Å²) in [7, 11) is 0. The molecule has 2 aromatic carbocycles. The molecule has 0 radical (unpaired) electrons. The summed E-state index contributed by atoms with van der Waals surface area (Å²) >= 11 is 0. The van der Waals surface area contributed by atoms with E-state index in [2.05, 4.69) is 44.6 Å². The zero-order valence-electron chi connectivity index (χ0n) is 15.5. The van der Waals surface area contributed by atoms with Crippen molar-refractivity contribution in [2.75, 3.05) is 0 Å². The summed E-state index contributed by atoms with van der Waals surface area (Å²) in [5.41, 5.74) is 5.00. The molecule has 2 atom stereocenters. The summed E-state index contributed by atoms with van der Waals surface area (Å²) < 4.78 is 5.70. The highest BCUT2D eigenvalue weighted by atomic mass is 16.5. The van der Waals surface area contributed by atoms with Crippen LogP contribution in [-0.4, -0.2) is 25.3 Å². The lowest BCUT2D eigenvalue weighted by Crippen LogP contribution is -2.04. The van der Waals surface area contributed by atoms with Gasteiger partial charge in [0.25, 0.3) is 0 Å². The van der Waals surface area contributed by atoms with Gasteiger partial charge < -0.3 is 4.52 Å². The third kappa shape index (κ3) is 2.27. The SMILES string of the molecule is Cc1nc(-c2cccc(-c3noc(C4CC45CCc4ccccc45)n3)c2)n[nH]1. The second-order valence-electron chi connectivity index (χ2n) is 7.85. The van der Waals surface area contributed by atoms with Crippen molar-refractivity contribution >= 4 is 0 Å². The number of fused-ring (bicyclic) bond motifs is 2. The highest BCUT2D eigenvalue weighted by Crippen LogP contribution is 2.66. The van der Waals surface area contributed by atoms with Crippen molar-refractivity contribution in [2.45, 2.75) is 37.5 Å². The Hall–Kier alpha value is -3.28. The molecule has 4 aromatic rings. The molecule has 2 heterocycles. The van der Waals surface area contributed by atoms with E-state index in [1.54, 1.807) is 0 Å². The molecule has 6 nitrogen and oxygen atoms in total. The summed E-state index contributed by atoms with van der Waals surface area (Å²) in [5.74, 6) is 3.17.